The van der Waals surface area contributed by atoms with Crippen LogP contribution < -0.4 is 0 Å². The summed E-state index contributed by atoms with van der Waals surface area (Å²) in [7, 11) is 0. The van der Waals surface area contributed by atoms with Crippen LogP contribution in [-0.2, 0) is 5.41 Å². The zero-order valence-corrected chi connectivity index (χ0v) is 15.7. The van der Waals surface area contributed by atoms with E-state index >= 15 is 0 Å². The third kappa shape index (κ3) is 3.02. The minimum absolute atomic E-state index is 0.0628. The van der Waals surface area contributed by atoms with Crippen LogP contribution in [-0.4, -0.2) is 31.9 Å². The molecule has 7 heteroatoms. The van der Waals surface area contributed by atoms with E-state index < -0.39 is 0 Å². The minimum atomic E-state index is -0.298. The van der Waals surface area contributed by atoms with Crippen molar-refractivity contribution in [2.24, 2.45) is 17.8 Å². The number of rotatable bonds is 5. The molecule has 6 nitrogen and oxygen atoms in total. The number of ketones is 1. The Labute approximate surface area is 161 Å². The third-order valence-electron chi connectivity index (χ3n) is 6.52. The van der Waals surface area contributed by atoms with E-state index in [1.54, 1.807) is 0 Å². The van der Waals surface area contributed by atoms with Gasteiger partial charge < -0.3 is 14.6 Å². The lowest BCUT2D eigenvalue weighted by atomic mass is 9.49. The maximum atomic E-state index is 12.3. The van der Waals surface area contributed by atoms with E-state index in [9.17, 15) is 15.0 Å². The van der Waals surface area contributed by atoms with Gasteiger partial charge in [0.05, 0.1) is 5.75 Å². The van der Waals surface area contributed by atoms with Crippen LogP contribution in [0.25, 0.3) is 0 Å². The van der Waals surface area contributed by atoms with Gasteiger partial charge >= 0.3 is 0 Å². The van der Waals surface area contributed by atoms with E-state index in [4.69, 9.17) is 4.42 Å². The predicted octanol–water partition coefficient (Wildman–Crippen LogP) is 3.92. The number of benzene rings is 1. The lowest BCUT2D eigenvalue weighted by Crippen LogP contribution is -2.48. The first kappa shape index (κ1) is 17.1. The van der Waals surface area contributed by atoms with Gasteiger partial charge in [0.2, 0.25) is 5.89 Å². The maximum Gasteiger partial charge on any atom is 0.277 e. The molecule has 2 aromatic rings. The summed E-state index contributed by atoms with van der Waals surface area (Å²) in [5.74, 6) is 2.63. The number of aromatic hydroxyl groups is 2. The molecule has 0 atom stereocenters. The van der Waals surface area contributed by atoms with Crippen molar-refractivity contribution in [3.63, 3.8) is 0 Å². The molecule has 4 aliphatic rings. The van der Waals surface area contributed by atoms with E-state index in [1.807, 2.05) is 0 Å². The first-order chi connectivity index (χ1) is 13.0. The number of aromatic nitrogens is 2. The molecule has 1 aromatic heterocycles. The Morgan fingerprint density at radius 3 is 2.37 bits per heavy atom. The molecule has 0 radical (unpaired) electrons. The fourth-order valence-electron chi connectivity index (χ4n) is 5.76. The molecule has 0 spiro atoms. The number of phenolic OH excluding ortho intramolecular Hbond substituents is 2. The second kappa shape index (κ2) is 6.26. The van der Waals surface area contributed by atoms with Gasteiger partial charge in [-0.3, -0.25) is 4.79 Å². The summed E-state index contributed by atoms with van der Waals surface area (Å²) >= 11 is 1.22. The number of thioether (sulfide) groups is 1. The molecular formula is C20H22N2O4S. The van der Waals surface area contributed by atoms with Crippen molar-refractivity contribution < 1.29 is 19.4 Å². The molecule has 2 N–H and O–H groups in total. The molecule has 1 aromatic carbocycles. The Kier molecular flexibility index (Phi) is 3.96. The highest BCUT2D eigenvalue weighted by atomic mass is 32.2. The first-order valence-electron chi connectivity index (χ1n) is 9.53. The van der Waals surface area contributed by atoms with Crippen molar-refractivity contribution in [3.8, 4) is 11.5 Å². The number of carbonyl (C=O) groups is 1. The van der Waals surface area contributed by atoms with Crippen molar-refractivity contribution >= 4 is 17.5 Å². The van der Waals surface area contributed by atoms with E-state index in [2.05, 4.69) is 10.2 Å². The topological polar surface area (TPSA) is 96.5 Å². The Balaban J connectivity index is 1.27. The second-order valence-electron chi connectivity index (χ2n) is 8.49. The number of nitrogens with zero attached hydrogens (tertiary/aromatic N) is 2. The molecule has 142 valence electrons. The minimum Gasteiger partial charge on any atom is -0.504 e. The fourth-order valence-corrected chi connectivity index (χ4v) is 6.42. The number of hydrogen-bond donors (Lipinski definition) is 2. The van der Waals surface area contributed by atoms with Crippen LogP contribution in [0.1, 0.15) is 54.8 Å². The average Bonchev–Trinajstić information content (AvgIpc) is 3.11. The van der Waals surface area contributed by atoms with Gasteiger partial charge in [0.1, 0.15) is 0 Å². The summed E-state index contributed by atoms with van der Waals surface area (Å²) in [5.41, 5.74) is 0.409. The highest BCUT2D eigenvalue weighted by molar-refractivity contribution is 7.99. The van der Waals surface area contributed by atoms with Crippen molar-refractivity contribution in [1.29, 1.82) is 0 Å². The molecule has 4 saturated carbocycles. The quantitative estimate of drug-likeness (QED) is 0.457. The van der Waals surface area contributed by atoms with E-state index in [0.717, 1.165) is 42.9 Å². The molecule has 4 fully saturated rings. The van der Waals surface area contributed by atoms with E-state index in [0.29, 0.717) is 10.8 Å². The standard InChI is InChI=1S/C20H22N2O4S/c23-15-2-1-14(6-16(15)24)17(25)10-27-19-22-21-18(26-19)20-7-11-3-12(8-20)5-13(4-11)9-20/h1-2,6,11-13,23-24H,3-5,7-10H2. The highest BCUT2D eigenvalue weighted by Gasteiger charge is 2.54. The van der Waals surface area contributed by atoms with Crippen molar-refractivity contribution in [3.05, 3.63) is 29.7 Å². The van der Waals surface area contributed by atoms with Crippen LogP contribution >= 0.6 is 11.8 Å². The largest absolute Gasteiger partial charge is 0.504 e. The predicted molar refractivity (Wildman–Crippen MR) is 99.0 cm³/mol. The molecule has 4 bridgehead atoms. The summed E-state index contributed by atoms with van der Waals surface area (Å²) in [4.78, 5) is 12.3. The molecule has 4 aliphatic carbocycles. The normalized spacial score (nSPS) is 31.3. The average molecular weight is 386 g/mol. The van der Waals surface area contributed by atoms with Gasteiger partial charge in [-0.1, -0.05) is 11.8 Å². The summed E-state index contributed by atoms with van der Waals surface area (Å²) < 4.78 is 6.00. The van der Waals surface area contributed by atoms with Crippen molar-refractivity contribution in [2.45, 2.75) is 49.2 Å². The van der Waals surface area contributed by atoms with Crippen LogP contribution in [0.3, 0.4) is 0 Å². The Bertz CT molecular complexity index is 859. The SMILES string of the molecule is O=C(CSc1nnc(C23CC4CC(CC(C4)C2)C3)o1)c1ccc(O)c(O)c1. The molecule has 6 rings (SSSR count). The number of phenols is 2. The van der Waals surface area contributed by atoms with Crippen LogP contribution in [0.2, 0.25) is 0 Å². The Morgan fingerprint density at radius 1 is 1.07 bits per heavy atom. The van der Waals surface area contributed by atoms with Gasteiger partial charge in [0, 0.05) is 11.0 Å². The second-order valence-corrected chi connectivity index (χ2v) is 9.41. The third-order valence-corrected chi connectivity index (χ3v) is 7.34. The van der Waals surface area contributed by atoms with Gasteiger partial charge in [-0.25, -0.2) is 0 Å². The first-order valence-corrected chi connectivity index (χ1v) is 10.5. The van der Waals surface area contributed by atoms with Crippen molar-refractivity contribution in [1.82, 2.24) is 10.2 Å². The van der Waals surface area contributed by atoms with Gasteiger partial charge in [-0.2, -0.15) is 0 Å². The zero-order valence-electron chi connectivity index (χ0n) is 14.9. The van der Waals surface area contributed by atoms with Crippen LogP contribution in [0.4, 0.5) is 0 Å². The lowest BCUT2D eigenvalue weighted by Gasteiger charge is -2.55. The highest BCUT2D eigenvalue weighted by Crippen LogP contribution is 2.60. The van der Waals surface area contributed by atoms with Gasteiger partial charge in [0.15, 0.2) is 17.3 Å². The Hall–Kier alpha value is -2.02. The molecule has 0 aliphatic heterocycles. The van der Waals surface area contributed by atoms with Gasteiger partial charge in [-0.15, -0.1) is 10.2 Å². The maximum absolute atomic E-state index is 12.3. The smallest absolute Gasteiger partial charge is 0.277 e. The van der Waals surface area contributed by atoms with Crippen LogP contribution in [0.5, 0.6) is 11.5 Å². The molecule has 27 heavy (non-hydrogen) atoms. The monoisotopic (exact) mass is 386 g/mol. The fraction of sp³-hybridized carbons (Fsp3) is 0.550. The Morgan fingerprint density at radius 2 is 1.74 bits per heavy atom. The van der Waals surface area contributed by atoms with Gasteiger partial charge in [0.25, 0.3) is 5.22 Å². The molecule has 0 saturated heterocycles. The number of carbonyl (C=O) groups excluding carboxylic acids is 1. The molecule has 0 unspecified atom stereocenters. The van der Waals surface area contributed by atoms with Crippen LogP contribution in [0, 0.1) is 17.8 Å². The molecule has 1 heterocycles. The van der Waals surface area contributed by atoms with E-state index in [1.165, 1.54) is 49.2 Å². The van der Waals surface area contributed by atoms with E-state index in [-0.39, 0.29) is 28.5 Å². The number of Topliss-reactive ketones (excluding diaryl/α,β-unsaturated/α-hetero) is 1. The lowest BCUT2D eigenvalue weighted by molar-refractivity contribution is -0.0191. The van der Waals surface area contributed by atoms with Crippen molar-refractivity contribution in [2.75, 3.05) is 5.75 Å². The van der Waals surface area contributed by atoms with Gasteiger partial charge in [-0.05, 0) is 74.5 Å². The summed E-state index contributed by atoms with van der Waals surface area (Å²) in [5, 5.41) is 27.9. The number of hydrogen-bond acceptors (Lipinski definition) is 7. The van der Waals surface area contributed by atoms with Crippen LogP contribution in [0.15, 0.2) is 27.8 Å². The summed E-state index contributed by atoms with van der Waals surface area (Å²) in [6.45, 7) is 0. The molecule has 0 amide bonds. The summed E-state index contributed by atoms with van der Waals surface area (Å²) in [6.07, 6.45) is 7.58. The molecular weight excluding hydrogens is 364 g/mol. The zero-order chi connectivity index (χ0) is 18.6. The summed E-state index contributed by atoms with van der Waals surface area (Å²) in [6, 6.07) is 4.07.